The number of amides is 1. The van der Waals surface area contributed by atoms with Crippen molar-refractivity contribution in [1.82, 2.24) is 0 Å². The number of para-hydroxylation sites is 1. The van der Waals surface area contributed by atoms with Gasteiger partial charge in [-0.2, -0.15) is 0 Å². The Morgan fingerprint density at radius 1 is 1.11 bits per heavy atom. The minimum Gasteiger partial charge on any atom is -0.504 e. The van der Waals surface area contributed by atoms with E-state index in [1.807, 2.05) is 32.0 Å². The van der Waals surface area contributed by atoms with Crippen molar-refractivity contribution in [3.8, 4) is 11.5 Å². The molecule has 0 aromatic heterocycles. The number of carbonyl (C=O) groups is 2. The van der Waals surface area contributed by atoms with Crippen LogP contribution in [0.1, 0.15) is 30.5 Å². The normalized spacial score (nSPS) is 10.7. The van der Waals surface area contributed by atoms with E-state index >= 15 is 0 Å². The largest absolute Gasteiger partial charge is 0.504 e. The molecule has 0 bridgehead atoms. The number of ether oxygens (including phenoxy) is 2. The minimum atomic E-state index is -0.637. The first kappa shape index (κ1) is 21.0. The van der Waals surface area contributed by atoms with Crippen molar-refractivity contribution in [1.29, 1.82) is 0 Å². The van der Waals surface area contributed by atoms with E-state index in [0.717, 1.165) is 29.7 Å². The van der Waals surface area contributed by atoms with E-state index in [-0.39, 0.29) is 18.3 Å². The maximum atomic E-state index is 12.2. The number of benzene rings is 2. The van der Waals surface area contributed by atoms with Gasteiger partial charge in [-0.05, 0) is 47.7 Å². The molecule has 6 heteroatoms. The van der Waals surface area contributed by atoms with Crippen molar-refractivity contribution in [3.63, 3.8) is 0 Å². The predicted octanol–water partition coefficient (Wildman–Crippen LogP) is 3.72. The molecule has 0 fully saturated rings. The molecule has 2 aromatic rings. The summed E-state index contributed by atoms with van der Waals surface area (Å²) in [5.74, 6) is -0.709. The third-order valence-corrected chi connectivity index (χ3v) is 4.22. The number of hydrogen-bond donors (Lipinski definition) is 2. The zero-order valence-corrected chi connectivity index (χ0v) is 16.3. The van der Waals surface area contributed by atoms with E-state index < -0.39 is 5.97 Å². The maximum absolute atomic E-state index is 12.2. The summed E-state index contributed by atoms with van der Waals surface area (Å²) < 4.78 is 10.0. The Labute approximate surface area is 164 Å². The van der Waals surface area contributed by atoms with Crippen molar-refractivity contribution in [2.45, 2.75) is 26.7 Å². The van der Waals surface area contributed by atoms with Gasteiger partial charge >= 0.3 is 5.97 Å². The third kappa shape index (κ3) is 5.61. The van der Waals surface area contributed by atoms with Crippen molar-refractivity contribution in [3.05, 3.63) is 59.2 Å². The number of carbonyl (C=O) groups excluding carboxylic acids is 2. The van der Waals surface area contributed by atoms with E-state index in [4.69, 9.17) is 9.47 Å². The molecule has 2 rings (SSSR count). The fourth-order valence-electron chi connectivity index (χ4n) is 2.73. The Morgan fingerprint density at radius 3 is 2.39 bits per heavy atom. The van der Waals surface area contributed by atoms with Crippen LogP contribution in [-0.2, 0) is 27.2 Å². The van der Waals surface area contributed by atoms with Crippen molar-refractivity contribution < 1.29 is 24.2 Å². The van der Waals surface area contributed by atoms with Crippen LogP contribution in [0.5, 0.6) is 11.5 Å². The molecule has 6 nitrogen and oxygen atoms in total. The van der Waals surface area contributed by atoms with Gasteiger partial charge in [-0.1, -0.05) is 38.1 Å². The van der Waals surface area contributed by atoms with Gasteiger partial charge in [0.05, 0.1) is 7.11 Å². The summed E-state index contributed by atoms with van der Waals surface area (Å²) in [6.07, 6.45) is 4.32. The molecule has 0 saturated carbocycles. The Morgan fingerprint density at radius 2 is 1.79 bits per heavy atom. The standard InChI is InChI=1S/C22H25NO5/c1-4-16-7-6-8-17(5-2)22(16)23-20(25)14-28-21(26)12-10-15-9-11-18(24)19(13-15)27-3/h6-13,24H,4-5,14H2,1-3H3,(H,23,25). The van der Waals surface area contributed by atoms with Gasteiger partial charge < -0.3 is 19.9 Å². The first-order valence-corrected chi connectivity index (χ1v) is 9.10. The smallest absolute Gasteiger partial charge is 0.331 e. The fourth-order valence-corrected chi connectivity index (χ4v) is 2.73. The van der Waals surface area contributed by atoms with E-state index in [0.29, 0.717) is 11.3 Å². The number of aryl methyl sites for hydroxylation is 2. The number of esters is 1. The van der Waals surface area contributed by atoms with Crippen LogP contribution in [0.3, 0.4) is 0 Å². The summed E-state index contributed by atoms with van der Waals surface area (Å²) in [7, 11) is 1.44. The zero-order chi connectivity index (χ0) is 20.5. The number of hydrogen-bond acceptors (Lipinski definition) is 5. The van der Waals surface area contributed by atoms with Gasteiger partial charge in [0, 0.05) is 11.8 Å². The average Bonchev–Trinajstić information content (AvgIpc) is 2.71. The summed E-state index contributed by atoms with van der Waals surface area (Å²) in [4.78, 5) is 24.1. The molecule has 0 spiro atoms. The van der Waals surface area contributed by atoms with Gasteiger partial charge in [0.25, 0.3) is 5.91 Å². The highest BCUT2D eigenvalue weighted by atomic mass is 16.5. The number of phenols is 1. The van der Waals surface area contributed by atoms with Crippen LogP contribution >= 0.6 is 0 Å². The molecular weight excluding hydrogens is 358 g/mol. The highest BCUT2D eigenvalue weighted by Gasteiger charge is 2.11. The Hall–Kier alpha value is -3.28. The quantitative estimate of drug-likeness (QED) is 0.536. The SMILES string of the molecule is CCc1cccc(CC)c1NC(=O)COC(=O)C=Cc1ccc(O)c(OC)c1. The lowest BCUT2D eigenvalue weighted by Gasteiger charge is -2.14. The molecule has 0 aliphatic rings. The molecule has 2 N–H and O–H groups in total. The molecule has 0 heterocycles. The fraction of sp³-hybridized carbons (Fsp3) is 0.273. The second-order valence-corrected chi connectivity index (χ2v) is 6.08. The highest BCUT2D eigenvalue weighted by molar-refractivity contribution is 5.95. The predicted molar refractivity (Wildman–Crippen MR) is 108 cm³/mol. The number of aromatic hydroxyl groups is 1. The lowest BCUT2D eigenvalue weighted by Crippen LogP contribution is -2.21. The van der Waals surface area contributed by atoms with Crippen molar-refractivity contribution in [2.24, 2.45) is 0 Å². The first-order chi connectivity index (χ1) is 13.5. The van der Waals surface area contributed by atoms with Crippen LogP contribution in [0.4, 0.5) is 5.69 Å². The van der Waals surface area contributed by atoms with Gasteiger partial charge in [0.1, 0.15) is 0 Å². The highest BCUT2D eigenvalue weighted by Crippen LogP contribution is 2.26. The van der Waals surface area contributed by atoms with E-state index in [2.05, 4.69) is 5.32 Å². The molecule has 2 aromatic carbocycles. The third-order valence-electron chi connectivity index (χ3n) is 4.22. The van der Waals surface area contributed by atoms with Crippen LogP contribution in [0, 0.1) is 0 Å². The summed E-state index contributed by atoms with van der Waals surface area (Å²) in [5.41, 5.74) is 3.53. The van der Waals surface area contributed by atoms with Crippen LogP contribution in [-0.4, -0.2) is 30.7 Å². The van der Waals surface area contributed by atoms with E-state index in [9.17, 15) is 14.7 Å². The second kappa shape index (κ2) is 10.2. The summed E-state index contributed by atoms with van der Waals surface area (Å²) in [6, 6.07) is 10.6. The molecular formula is C22H25NO5. The second-order valence-electron chi connectivity index (χ2n) is 6.08. The Balaban J connectivity index is 1.93. The molecule has 1 amide bonds. The van der Waals surface area contributed by atoms with Gasteiger partial charge in [0.15, 0.2) is 18.1 Å². The van der Waals surface area contributed by atoms with Crippen LogP contribution < -0.4 is 10.1 Å². The molecule has 0 aliphatic heterocycles. The molecule has 0 aliphatic carbocycles. The zero-order valence-electron chi connectivity index (χ0n) is 16.3. The average molecular weight is 383 g/mol. The number of anilines is 1. The molecule has 28 heavy (non-hydrogen) atoms. The van der Waals surface area contributed by atoms with Crippen LogP contribution in [0.2, 0.25) is 0 Å². The maximum Gasteiger partial charge on any atom is 0.331 e. The number of phenolic OH excluding ortho intramolecular Hbond substituents is 1. The summed E-state index contributed by atoms with van der Waals surface area (Å²) >= 11 is 0. The minimum absolute atomic E-state index is 0.0118. The first-order valence-electron chi connectivity index (χ1n) is 9.10. The topological polar surface area (TPSA) is 84.9 Å². The van der Waals surface area contributed by atoms with Crippen LogP contribution in [0.15, 0.2) is 42.5 Å². The van der Waals surface area contributed by atoms with Gasteiger partial charge in [-0.3, -0.25) is 4.79 Å². The lowest BCUT2D eigenvalue weighted by atomic mass is 10.0. The molecule has 0 radical (unpaired) electrons. The van der Waals surface area contributed by atoms with Crippen molar-refractivity contribution in [2.75, 3.05) is 19.0 Å². The van der Waals surface area contributed by atoms with Crippen molar-refractivity contribution >= 4 is 23.6 Å². The number of methoxy groups -OCH3 is 1. The lowest BCUT2D eigenvalue weighted by molar-refractivity contribution is -0.142. The monoisotopic (exact) mass is 383 g/mol. The van der Waals surface area contributed by atoms with Crippen LogP contribution in [0.25, 0.3) is 6.08 Å². The summed E-state index contributed by atoms with van der Waals surface area (Å²) in [6.45, 7) is 3.67. The molecule has 0 unspecified atom stereocenters. The van der Waals surface area contributed by atoms with E-state index in [1.165, 1.54) is 25.3 Å². The van der Waals surface area contributed by atoms with Gasteiger partial charge in [0.2, 0.25) is 0 Å². The molecule has 0 atom stereocenters. The van der Waals surface area contributed by atoms with Gasteiger partial charge in [-0.25, -0.2) is 4.79 Å². The number of rotatable bonds is 8. The molecule has 148 valence electrons. The Bertz CT molecular complexity index is 851. The molecule has 0 saturated heterocycles. The summed E-state index contributed by atoms with van der Waals surface area (Å²) in [5, 5.41) is 12.4. The number of nitrogens with one attached hydrogen (secondary N) is 1. The Kier molecular flexibility index (Phi) is 7.63. The van der Waals surface area contributed by atoms with Gasteiger partial charge in [-0.15, -0.1) is 0 Å². The van der Waals surface area contributed by atoms with E-state index in [1.54, 1.807) is 12.1 Å².